The third-order valence-electron chi connectivity index (χ3n) is 2.85. The van der Waals surface area contributed by atoms with E-state index in [1.165, 1.54) is 4.90 Å². The van der Waals surface area contributed by atoms with Crippen molar-refractivity contribution in [1.29, 1.82) is 0 Å². The fourth-order valence-corrected chi connectivity index (χ4v) is 1.82. The van der Waals surface area contributed by atoms with Gasteiger partial charge in [-0.25, -0.2) is 0 Å². The minimum absolute atomic E-state index is 0.0141. The lowest BCUT2D eigenvalue weighted by molar-refractivity contribution is -0.151. The average Bonchev–Trinajstić information content (AvgIpc) is 2.22. The first-order valence-corrected chi connectivity index (χ1v) is 5.61. The lowest BCUT2D eigenvalue weighted by Crippen LogP contribution is -2.59. The molecule has 0 aromatic carbocycles. The molecule has 3 amide bonds. The molecule has 0 aromatic heterocycles. The molecule has 1 saturated heterocycles. The Hall–Kier alpha value is -1.39. The third kappa shape index (κ3) is 2.59. The molecule has 0 saturated carbocycles. The van der Waals surface area contributed by atoms with Gasteiger partial charge >= 0.3 is 0 Å². The van der Waals surface area contributed by atoms with Crippen LogP contribution in [0.15, 0.2) is 0 Å². The van der Waals surface area contributed by atoms with Crippen molar-refractivity contribution in [2.75, 3.05) is 6.54 Å². The van der Waals surface area contributed by atoms with Gasteiger partial charge in [-0.05, 0) is 13.3 Å². The van der Waals surface area contributed by atoms with Gasteiger partial charge in [-0.1, -0.05) is 20.3 Å². The second-order valence-electron chi connectivity index (χ2n) is 4.24. The van der Waals surface area contributed by atoms with E-state index in [0.717, 1.165) is 12.8 Å². The highest BCUT2D eigenvalue weighted by Crippen LogP contribution is 2.14. The largest absolute Gasteiger partial charge is 0.321 e. The van der Waals surface area contributed by atoms with E-state index < -0.39 is 17.9 Å². The minimum atomic E-state index is -0.551. The smallest absolute Gasteiger partial charge is 0.249 e. The lowest BCUT2D eigenvalue weighted by atomic mass is 10.0. The van der Waals surface area contributed by atoms with Gasteiger partial charge in [-0.3, -0.25) is 19.7 Å². The van der Waals surface area contributed by atoms with E-state index >= 15 is 0 Å². The van der Waals surface area contributed by atoms with Crippen LogP contribution in [0.4, 0.5) is 0 Å². The van der Waals surface area contributed by atoms with Crippen molar-refractivity contribution in [3.8, 4) is 0 Å². The Morgan fingerprint density at radius 1 is 1.56 bits per heavy atom. The molecule has 2 unspecified atom stereocenters. The molecule has 90 valence electrons. The molecule has 1 aliphatic rings. The van der Waals surface area contributed by atoms with Crippen LogP contribution in [0.3, 0.4) is 0 Å². The van der Waals surface area contributed by atoms with Gasteiger partial charge in [0, 0.05) is 5.92 Å². The standard InChI is InChI=1S/C11H18N2O3/c1-4-5-7(2)11(16)13-6-9(14)12-10(15)8(13)3/h7-8H,4-6H2,1-3H3,(H,12,14,15). The molecule has 0 radical (unpaired) electrons. The average molecular weight is 226 g/mol. The number of nitrogens with zero attached hydrogens (tertiary/aromatic N) is 1. The van der Waals surface area contributed by atoms with Crippen LogP contribution in [-0.4, -0.2) is 35.2 Å². The summed E-state index contributed by atoms with van der Waals surface area (Å²) in [6.45, 7) is 5.45. The van der Waals surface area contributed by atoms with Crippen molar-refractivity contribution >= 4 is 17.7 Å². The molecule has 2 atom stereocenters. The summed E-state index contributed by atoms with van der Waals surface area (Å²) in [6.07, 6.45) is 1.69. The summed E-state index contributed by atoms with van der Waals surface area (Å²) in [4.78, 5) is 35.9. The molecule has 1 fully saturated rings. The Labute approximate surface area is 95.2 Å². The first-order chi connectivity index (χ1) is 7.47. The molecule has 0 bridgehead atoms. The first-order valence-electron chi connectivity index (χ1n) is 5.61. The SMILES string of the molecule is CCCC(C)C(=O)N1CC(=O)NC(=O)C1C. The summed E-state index contributed by atoms with van der Waals surface area (Å²) in [5.74, 6) is -1.04. The van der Waals surface area contributed by atoms with Crippen LogP contribution in [0.25, 0.3) is 0 Å². The Morgan fingerprint density at radius 3 is 2.75 bits per heavy atom. The van der Waals surface area contributed by atoms with E-state index in [-0.39, 0.29) is 18.4 Å². The van der Waals surface area contributed by atoms with Gasteiger partial charge in [0.25, 0.3) is 0 Å². The van der Waals surface area contributed by atoms with Gasteiger partial charge in [0.05, 0.1) is 0 Å². The topological polar surface area (TPSA) is 66.5 Å². The number of piperazine rings is 1. The Balaban J connectivity index is 2.73. The number of imide groups is 1. The van der Waals surface area contributed by atoms with E-state index in [4.69, 9.17) is 0 Å². The Bertz CT molecular complexity index is 314. The first kappa shape index (κ1) is 12.7. The van der Waals surface area contributed by atoms with Crippen molar-refractivity contribution in [2.45, 2.75) is 39.7 Å². The van der Waals surface area contributed by atoms with Crippen molar-refractivity contribution < 1.29 is 14.4 Å². The molecular weight excluding hydrogens is 208 g/mol. The van der Waals surface area contributed by atoms with Gasteiger partial charge in [0.1, 0.15) is 12.6 Å². The lowest BCUT2D eigenvalue weighted by Gasteiger charge is -2.33. The summed E-state index contributed by atoms with van der Waals surface area (Å²) in [5, 5.41) is 2.21. The molecule has 0 aliphatic carbocycles. The minimum Gasteiger partial charge on any atom is -0.321 e. The zero-order valence-corrected chi connectivity index (χ0v) is 9.95. The maximum atomic E-state index is 12.0. The molecule has 1 heterocycles. The van der Waals surface area contributed by atoms with Crippen LogP contribution in [-0.2, 0) is 14.4 Å². The van der Waals surface area contributed by atoms with E-state index in [9.17, 15) is 14.4 Å². The summed E-state index contributed by atoms with van der Waals surface area (Å²) >= 11 is 0. The highest BCUT2D eigenvalue weighted by atomic mass is 16.2. The summed E-state index contributed by atoms with van der Waals surface area (Å²) in [5.41, 5.74) is 0. The second-order valence-corrected chi connectivity index (χ2v) is 4.24. The fraction of sp³-hybridized carbons (Fsp3) is 0.727. The molecule has 5 heteroatoms. The molecular formula is C11H18N2O3. The normalized spacial score (nSPS) is 22.9. The predicted octanol–water partition coefficient (Wildman–Crippen LogP) is 0.296. The van der Waals surface area contributed by atoms with E-state index in [1.54, 1.807) is 6.92 Å². The van der Waals surface area contributed by atoms with Crippen LogP contribution in [0.2, 0.25) is 0 Å². The van der Waals surface area contributed by atoms with Gasteiger partial charge in [-0.2, -0.15) is 0 Å². The Kier molecular flexibility index (Phi) is 4.04. The highest BCUT2D eigenvalue weighted by molar-refractivity contribution is 6.04. The summed E-state index contributed by atoms with van der Waals surface area (Å²) in [6, 6.07) is -0.551. The molecule has 5 nitrogen and oxygen atoms in total. The molecule has 16 heavy (non-hydrogen) atoms. The fourth-order valence-electron chi connectivity index (χ4n) is 1.82. The molecule has 1 rings (SSSR count). The second kappa shape index (κ2) is 5.09. The number of hydrogen-bond acceptors (Lipinski definition) is 3. The van der Waals surface area contributed by atoms with Crippen LogP contribution >= 0.6 is 0 Å². The number of nitrogens with one attached hydrogen (secondary N) is 1. The molecule has 1 aliphatic heterocycles. The zero-order chi connectivity index (χ0) is 12.3. The van der Waals surface area contributed by atoms with Crippen LogP contribution in [0.5, 0.6) is 0 Å². The monoisotopic (exact) mass is 226 g/mol. The van der Waals surface area contributed by atoms with Crippen molar-refractivity contribution in [3.63, 3.8) is 0 Å². The quantitative estimate of drug-likeness (QED) is 0.704. The maximum absolute atomic E-state index is 12.0. The van der Waals surface area contributed by atoms with Crippen molar-refractivity contribution in [2.24, 2.45) is 5.92 Å². The third-order valence-corrected chi connectivity index (χ3v) is 2.85. The van der Waals surface area contributed by atoms with Crippen molar-refractivity contribution in [3.05, 3.63) is 0 Å². The number of carbonyl (C=O) groups is 3. The highest BCUT2D eigenvalue weighted by Gasteiger charge is 2.34. The summed E-state index contributed by atoms with van der Waals surface area (Å²) in [7, 11) is 0. The van der Waals surface area contributed by atoms with Gasteiger partial charge in [0.2, 0.25) is 17.7 Å². The van der Waals surface area contributed by atoms with Crippen LogP contribution in [0, 0.1) is 5.92 Å². The summed E-state index contributed by atoms with van der Waals surface area (Å²) < 4.78 is 0. The van der Waals surface area contributed by atoms with Crippen LogP contribution < -0.4 is 5.32 Å². The number of rotatable bonds is 3. The van der Waals surface area contributed by atoms with Gasteiger partial charge < -0.3 is 4.90 Å². The number of amides is 3. The number of hydrogen-bond donors (Lipinski definition) is 1. The van der Waals surface area contributed by atoms with E-state index in [0.29, 0.717) is 0 Å². The molecule has 0 spiro atoms. The van der Waals surface area contributed by atoms with E-state index in [2.05, 4.69) is 5.32 Å². The Morgan fingerprint density at radius 2 is 2.19 bits per heavy atom. The van der Waals surface area contributed by atoms with Crippen LogP contribution in [0.1, 0.15) is 33.6 Å². The van der Waals surface area contributed by atoms with Gasteiger partial charge in [0.15, 0.2) is 0 Å². The zero-order valence-electron chi connectivity index (χ0n) is 9.95. The van der Waals surface area contributed by atoms with Gasteiger partial charge in [-0.15, -0.1) is 0 Å². The molecule has 0 aromatic rings. The van der Waals surface area contributed by atoms with E-state index in [1.807, 2.05) is 13.8 Å². The molecule has 1 N–H and O–H groups in total. The van der Waals surface area contributed by atoms with Crippen molar-refractivity contribution in [1.82, 2.24) is 10.2 Å². The predicted molar refractivity (Wildman–Crippen MR) is 58.4 cm³/mol. The maximum Gasteiger partial charge on any atom is 0.249 e. The number of carbonyl (C=O) groups excluding carboxylic acids is 3.